The van der Waals surface area contributed by atoms with Crippen LogP contribution in [0.4, 0.5) is 10.1 Å². The van der Waals surface area contributed by atoms with Crippen molar-refractivity contribution in [3.63, 3.8) is 0 Å². The first-order valence-electron chi connectivity index (χ1n) is 9.39. The Balaban J connectivity index is 1.67. The molecule has 0 radical (unpaired) electrons. The number of allylic oxidation sites excluding steroid dienone is 1. The van der Waals surface area contributed by atoms with Crippen LogP contribution in [0.25, 0.3) is 0 Å². The lowest BCUT2D eigenvalue weighted by Crippen LogP contribution is -2.23. The van der Waals surface area contributed by atoms with E-state index in [0.717, 1.165) is 0 Å². The van der Waals surface area contributed by atoms with E-state index in [1.54, 1.807) is 54.0 Å². The van der Waals surface area contributed by atoms with E-state index in [9.17, 15) is 9.18 Å². The third-order valence-electron chi connectivity index (χ3n) is 4.23. The molecular weight excluding hydrogens is 417 g/mol. The van der Waals surface area contributed by atoms with Gasteiger partial charge in [0.05, 0.1) is 16.9 Å². The molecule has 1 amide bonds. The molecule has 0 spiro atoms. The summed E-state index contributed by atoms with van der Waals surface area (Å²) >= 11 is 1.24. The molecule has 1 N–H and O–H groups in total. The minimum absolute atomic E-state index is 0.0220. The maximum absolute atomic E-state index is 13.8. The molecule has 0 fully saturated rings. The van der Waals surface area contributed by atoms with Gasteiger partial charge < -0.3 is 10.1 Å². The summed E-state index contributed by atoms with van der Waals surface area (Å²) in [6.07, 6.45) is 1.68. The second-order valence-electron chi connectivity index (χ2n) is 6.46. The highest BCUT2D eigenvalue weighted by molar-refractivity contribution is 8.00. The Morgan fingerprint density at radius 1 is 1.32 bits per heavy atom. The zero-order chi connectivity index (χ0) is 22.2. The molecule has 1 aromatic heterocycles. The summed E-state index contributed by atoms with van der Waals surface area (Å²) in [6, 6.07) is 14.8. The molecule has 0 bridgehead atoms. The SMILES string of the molecule is C=CCn1c(COc2ccccc2F)nnc1SC(C)C(=O)Nc1ccc(C#N)cc1. The van der Waals surface area contributed by atoms with Gasteiger partial charge in [0.25, 0.3) is 0 Å². The van der Waals surface area contributed by atoms with Crippen molar-refractivity contribution in [2.75, 3.05) is 5.32 Å². The first-order chi connectivity index (χ1) is 15.0. The number of hydrogen-bond donors (Lipinski definition) is 1. The molecule has 2 aromatic carbocycles. The lowest BCUT2D eigenvalue weighted by atomic mass is 10.2. The summed E-state index contributed by atoms with van der Waals surface area (Å²) in [4.78, 5) is 12.6. The van der Waals surface area contributed by atoms with E-state index >= 15 is 0 Å². The van der Waals surface area contributed by atoms with Crippen LogP contribution in [-0.4, -0.2) is 25.9 Å². The van der Waals surface area contributed by atoms with Gasteiger partial charge in [0.1, 0.15) is 6.61 Å². The molecule has 9 heteroatoms. The van der Waals surface area contributed by atoms with Crippen molar-refractivity contribution in [2.24, 2.45) is 0 Å². The van der Waals surface area contributed by atoms with Gasteiger partial charge in [0, 0.05) is 12.2 Å². The molecule has 0 aliphatic carbocycles. The first kappa shape index (κ1) is 22.1. The van der Waals surface area contributed by atoms with Gasteiger partial charge in [-0.1, -0.05) is 30.0 Å². The normalized spacial score (nSPS) is 11.4. The molecule has 158 valence electrons. The van der Waals surface area contributed by atoms with Crippen LogP contribution in [0.3, 0.4) is 0 Å². The van der Waals surface area contributed by atoms with Crippen LogP contribution < -0.4 is 10.1 Å². The second-order valence-corrected chi connectivity index (χ2v) is 7.76. The lowest BCUT2D eigenvalue weighted by Gasteiger charge is -2.13. The van der Waals surface area contributed by atoms with Gasteiger partial charge in [-0.25, -0.2) is 4.39 Å². The van der Waals surface area contributed by atoms with Crippen molar-refractivity contribution in [1.29, 1.82) is 5.26 Å². The molecule has 0 aliphatic heterocycles. The molecule has 0 saturated carbocycles. The largest absolute Gasteiger partial charge is 0.483 e. The van der Waals surface area contributed by atoms with E-state index in [4.69, 9.17) is 10.00 Å². The predicted molar refractivity (Wildman–Crippen MR) is 116 cm³/mol. The highest BCUT2D eigenvalue weighted by Gasteiger charge is 2.20. The number of nitrogens with one attached hydrogen (secondary N) is 1. The zero-order valence-electron chi connectivity index (χ0n) is 16.8. The first-order valence-corrected chi connectivity index (χ1v) is 10.3. The molecule has 3 aromatic rings. The Hall–Kier alpha value is -3.64. The van der Waals surface area contributed by atoms with Crippen LogP contribution in [0.15, 0.2) is 66.3 Å². The number of para-hydroxylation sites is 1. The fourth-order valence-electron chi connectivity index (χ4n) is 2.61. The van der Waals surface area contributed by atoms with E-state index in [0.29, 0.717) is 28.8 Å². The summed E-state index contributed by atoms with van der Waals surface area (Å²) in [5, 5.41) is 20.0. The summed E-state index contributed by atoms with van der Waals surface area (Å²) < 4.78 is 21.1. The van der Waals surface area contributed by atoms with Crippen molar-refractivity contribution in [3.8, 4) is 11.8 Å². The van der Waals surface area contributed by atoms with Crippen molar-refractivity contribution in [2.45, 2.75) is 30.5 Å². The molecular formula is C22H20FN5O2S. The molecule has 1 unspecified atom stereocenters. The molecule has 3 rings (SSSR count). The van der Waals surface area contributed by atoms with Gasteiger partial charge in [0.15, 0.2) is 22.5 Å². The topological polar surface area (TPSA) is 92.8 Å². The van der Waals surface area contributed by atoms with Gasteiger partial charge in [0.2, 0.25) is 5.91 Å². The molecule has 7 nitrogen and oxygen atoms in total. The summed E-state index contributed by atoms with van der Waals surface area (Å²) in [5.41, 5.74) is 1.12. The average Bonchev–Trinajstić information content (AvgIpc) is 3.15. The van der Waals surface area contributed by atoms with Gasteiger partial charge in [-0.3, -0.25) is 9.36 Å². The predicted octanol–water partition coefficient (Wildman–Crippen LogP) is 4.17. The van der Waals surface area contributed by atoms with Gasteiger partial charge >= 0.3 is 0 Å². The summed E-state index contributed by atoms with van der Waals surface area (Å²) in [5.74, 6) is -0.0580. The van der Waals surface area contributed by atoms with Crippen LogP contribution >= 0.6 is 11.8 Å². The number of benzene rings is 2. The Morgan fingerprint density at radius 3 is 2.74 bits per heavy atom. The third kappa shape index (κ3) is 5.71. The highest BCUT2D eigenvalue weighted by Crippen LogP contribution is 2.25. The number of anilines is 1. The number of carbonyl (C=O) groups is 1. The number of nitrogens with zero attached hydrogens (tertiary/aromatic N) is 4. The zero-order valence-corrected chi connectivity index (χ0v) is 17.6. The smallest absolute Gasteiger partial charge is 0.237 e. The monoisotopic (exact) mass is 437 g/mol. The molecule has 0 aliphatic rings. The summed E-state index contributed by atoms with van der Waals surface area (Å²) in [6.45, 7) is 5.94. The molecule has 1 heterocycles. The number of thioether (sulfide) groups is 1. The van der Waals surface area contributed by atoms with Gasteiger partial charge in [-0.2, -0.15) is 5.26 Å². The maximum Gasteiger partial charge on any atom is 0.237 e. The lowest BCUT2D eigenvalue weighted by molar-refractivity contribution is -0.115. The minimum atomic E-state index is -0.469. The fraction of sp³-hybridized carbons (Fsp3) is 0.182. The fourth-order valence-corrected chi connectivity index (χ4v) is 3.49. The molecule has 1 atom stereocenters. The molecule has 0 saturated heterocycles. The van der Waals surface area contributed by atoms with E-state index in [2.05, 4.69) is 22.1 Å². The standard InChI is InChI=1S/C22H20FN5O2S/c1-3-12-28-20(14-30-19-7-5-4-6-18(19)23)26-27-22(28)31-15(2)21(29)25-17-10-8-16(13-24)9-11-17/h3-11,15H,1,12,14H2,2H3,(H,25,29). The number of halogens is 1. The molecule has 31 heavy (non-hydrogen) atoms. The van der Waals surface area contributed by atoms with Crippen LogP contribution in [0.2, 0.25) is 0 Å². The van der Waals surface area contributed by atoms with Crippen LogP contribution in [-0.2, 0) is 17.9 Å². The van der Waals surface area contributed by atoms with E-state index in [1.807, 2.05) is 6.07 Å². The van der Waals surface area contributed by atoms with Crippen molar-refractivity contribution in [3.05, 3.63) is 78.4 Å². The van der Waals surface area contributed by atoms with Crippen molar-refractivity contribution >= 4 is 23.4 Å². The number of hydrogen-bond acceptors (Lipinski definition) is 6. The average molecular weight is 438 g/mol. The van der Waals surface area contributed by atoms with Crippen molar-refractivity contribution in [1.82, 2.24) is 14.8 Å². The Bertz CT molecular complexity index is 1110. The Morgan fingerprint density at radius 2 is 2.06 bits per heavy atom. The number of ether oxygens (including phenoxy) is 1. The number of nitriles is 1. The van der Waals surface area contributed by atoms with Gasteiger partial charge in [-0.05, 0) is 43.3 Å². The van der Waals surface area contributed by atoms with Crippen molar-refractivity contribution < 1.29 is 13.9 Å². The van der Waals surface area contributed by atoms with E-state index < -0.39 is 11.1 Å². The number of amides is 1. The van der Waals surface area contributed by atoms with Crippen LogP contribution in [0.5, 0.6) is 5.75 Å². The Labute approximate surface area is 183 Å². The van der Waals surface area contributed by atoms with E-state index in [1.165, 1.54) is 23.9 Å². The summed E-state index contributed by atoms with van der Waals surface area (Å²) in [7, 11) is 0. The number of rotatable bonds is 9. The van der Waals surface area contributed by atoms with Gasteiger partial charge in [-0.15, -0.1) is 16.8 Å². The number of aromatic nitrogens is 3. The third-order valence-corrected chi connectivity index (χ3v) is 5.31. The highest BCUT2D eigenvalue weighted by atomic mass is 32.2. The quantitative estimate of drug-likeness (QED) is 0.399. The minimum Gasteiger partial charge on any atom is -0.483 e. The number of carbonyl (C=O) groups excluding carboxylic acids is 1. The van der Waals surface area contributed by atoms with E-state index in [-0.39, 0.29) is 18.3 Å². The second kappa shape index (κ2) is 10.4. The Kier molecular flexibility index (Phi) is 7.40. The van der Waals surface area contributed by atoms with Crippen LogP contribution in [0, 0.1) is 17.1 Å². The maximum atomic E-state index is 13.8. The van der Waals surface area contributed by atoms with Crippen LogP contribution in [0.1, 0.15) is 18.3 Å².